The predicted octanol–water partition coefficient (Wildman–Crippen LogP) is 9.36. The van der Waals surface area contributed by atoms with Crippen molar-refractivity contribution >= 4 is 18.4 Å². The molecule has 0 amide bonds. The van der Waals surface area contributed by atoms with E-state index < -0.39 is 41.4 Å². The second kappa shape index (κ2) is 10.8. The van der Waals surface area contributed by atoms with Crippen LogP contribution in [0.25, 0.3) is 0 Å². The first-order valence-corrected chi connectivity index (χ1v) is 19.9. The maximum atomic E-state index is 12.9. The van der Waals surface area contributed by atoms with Gasteiger partial charge in [-0.1, -0.05) is 73.4 Å². The Balaban J connectivity index is 1.68. The molecular formula is C33H46F3NO5SSi. The first-order valence-electron chi connectivity index (χ1n) is 15.6. The van der Waals surface area contributed by atoms with Crippen molar-refractivity contribution in [2.24, 2.45) is 5.41 Å². The van der Waals surface area contributed by atoms with Crippen molar-refractivity contribution in [2.45, 2.75) is 134 Å². The maximum absolute atomic E-state index is 12.9. The number of ether oxygens (including phenoxy) is 1. The number of hydrogen-bond acceptors (Lipinski definition) is 6. The van der Waals surface area contributed by atoms with Crippen molar-refractivity contribution < 1.29 is 34.9 Å². The summed E-state index contributed by atoms with van der Waals surface area (Å²) in [6.45, 7) is 20.2. The standard InChI is InChI=1S/C33H46F3NO5SSi/c1-20(2)28-26-27(25-23(37-28)18-31(6,7)19-24(25)42-44(8,9)30(3,4)5)32(16-10-11-17-32)40-29(26)21-12-14-22(15-13-21)41-43(38,39)33(34,35)36/h12-15,20,24,29H,10-11,16-19H2,1-9H3. The Hall–Kier alpha value is -1.95. The van der Waals surface area contributed by atoms with Gasteiger partial charge in [0.1, 0.15) is 11.9 Å². The quantitative estimate of drug-likeness (QED) is 0.176. The molecule has 2 unspecified atom stereocenters. The largest absolute Gasteiger partial charge is 0.534 e. The summed E-state index contributed by atoms with van der Waals surface area (Å²) in [5, 5.41) is 0.0245. The highest BCUT2D eigenvalue weighted by Gasteiger charge is 2.54. The van der Waals surface area contributed by atoms with Gasteiger partial charge in [-0.15, -0.1) is 0 Å². The van der Waals surface area contributed by atoms with Crippen LogP contribution >= 0.6 is 0 Å². The molecule has 6 nitrogen and oxygen atoms in total. The molecule has 1 aromatic carbocycles. The van der Waals surface area contributed by atoms with Crippen molar-refractivity contribution in [1.29, 1.82) is 0 Å². The van der Waals surface area contributed by atoms with Gasteiger partial charge in [0.05, 0.1) is 11.7 Å². The molecule has 1 aliphatic heterocycles. The zero-order valence-electron chi connectivity index (χ0n) is 27.3. The van der Waals surface area contributed by atoms with Gasteiger partial charge in [0, 0.05) is 22.5 Å². The highest BCUT2D eigenvalue weighted by molar-refractivity contribution is 7.88. The van der Waals surface area contributed by atoms with E-state index in [-0.39, 0.29) is 22.5 Å². The Morgan fingerprint density at radius 1 is 1.02 bits per heavy atom. The van der Waals surface area contributed by atoms with E-state index in [9.17, 15) is 21.6 Å². The fourth-order valence-electron chi connectivity index (χ4n) is 6.89. The number of fused-ring (bicyclic) bond motifs is 4. The predicted molar refractivity (Wildman–Crippen MR) is 167 cm³/mol. The van der Waals surface area contributed by atoms with Crippen LogP contribution in [0.1, 0.15) is 132 Å². The minimum atomic E-state index is -5.77. The van der Waals surface area contributed by atoms with E-state index in [1.807, 2.05) is 0 Å². The SMILES string of the molecule is CC(C)c1nc2c(c3c1C(c1ccc(OS(=O)(=O)C(F)(F)F)cc1)OC31CCCC1)C(O[Si](C)(C)C(C)(C)C)CC(C)(C)C2. The lowest BCUT2D eigenvalue weighted by atomic mass is 9.70. The third kappa shape index (κ3) is 5.86. The third-order valence-electron chi connectivity index (χ3n) is 10.0. The van der Waals surface area contributed by atoms with Crippen molar-refractivity contribution in [2.75, 3.05) is 0 Å². The summed E-state index contributed by atoms with van der Waals surface area (Å²) in [4.78, 5) is 5.37. The highest BCUT2D eigenvalue weighted by Crippen LogP contribution is 2.60. The number of halogens is 3. The molecule has 0 bridgehead atoms. The monoisotopic (exact) mass is 653 g/mol. The lowest BCUT2D eigenvalue weighted by Crippen LogP contribution is -2.44. The molecule has 1 fully saturated rings. The Kier molecular flexibility index (Phi) is 8.21. The molecule has 0 N–H and O–H groups in total. The summed E-state index contributed by atoms with van der Waals surface area (Å²) in [5.41, 5.74) is 0.158. The second-order valence-electron chi connectivity index (χ2n) is 15.5. The molecular weight excluding hydrogens is 608 g/mol. The molecule has 3 aliphatic rings. The highest BCUT2D eigenvalue weighted by atomic mass is 32.2. The fraction of sp³-hybridized carbons (Fsp3) is 0.667. The van der Waals surface area contributed by atoms with Gasteiger partial charge in [0.2, 0.25) is 0 Å². The maximum Gasteiger partial charge on any atom is 0.534 e. The number of benzene rings is 1. The van der Waals surface area contributed by atoms with Gasteiger partial charge < -0.3 is 13.3 Å². The molecule has 0 saturated heterocycles. The van der Waals surface area contributed by atoms with Gasteiger partial charge in [-0.3, -0.25) is 4.98 Å². The number of nitrogens with zero attached hydrogens (tertiary/aromatic N) is 1. The minimum Gasteiger partial charge on any atom is -0.410 e. The topological polar surface area (TPSA) is 74.7 Å². The number of hydrogen-bond donors (Lipinski definition) is 0. The van der Waals surface area contributed by atoms with Crippen LogP contribution in [0.15, 0.2) is 24.3 Å². The zero-order valence-corrected chi connectivity index (χ0v) is 29.1. The van der Waals surface area contributed by atoms with Gasteiger partial charge in [-0.05, 0) is 78.4 Å². The molecule has 1 aromatic heterocycles. The first-order chi connectivity index (χ1) is 20.1. The van der Waals surface area contributed by atoms with E-state index in [0.717, 1.165) is 55.5 Å². The summed E-state index contributed by atoms with van der Waals surface area (Å²) in [6.07, 6.45) is 4.88. The van der Waals surface area contributed by atoms with Crippen LogP contribution in [0, 0.1) is 5.41 Å². The van der Waals surface area contributed by atoms with Crippen molar-refractivity contribution in [3.63, 3.8) is 0 Å². The molecule has 2 aromatic rings. The van der Waals surface area contributed by atoms with Crippen LogP contribution in [0.5, 0.6) is 5.75 Å². The molecule has 44 heavy (non-hydrogen) atoms. The summed E-state index contributed by atoms with van der Waals surface area (Å²) >= 11 is 0. The number of pyridine rings is 1. The summed E-state index contributed by atoms with van der Waals surface area (Å²) in [5.74, 6) is -0.307. The van der Waals surface area contributed by atoms with E-state index in [4.69, 9.17) is 14.1 Å². The summed E-state index contributed by atoms with van der Waals surface area (Å²) in [7, 11) is -7.95. The van der Waals surface area contributed by atoms with Crippen LogP contribution in [0.2, 0.25) is 18.1 Å². The van der Waals surface area contributed by atoms with Crippen molar-refractivity contribution in [1.82, 2.24) is 4.98 Å². The molecule has 1 saturated carbocycles. The van der Waals surface area contributed by atoms with Crippen LogP contribution < -0.4 is 4.18 Å². The van der Waals surface area contributed by atoms with E-state index in [2.05, 4.69) is 65.7 Å². The number of rotatable bonds is 6. The lowest BCUT2D eigenvalue weighted by Gasteiger charge is -2.45. The van der Waals surface area contributed by atoms with Crippen molar-refractivity contribution in [3.8, 4) is 5.75 Å². The zero-order chi connectivity index (χ0) is 32.7. The summed E-state index contributed by atoms with van der Waals surface area (Å²) < 4.78 is 80.7. The molecule has 11 heteroatoms. The molecule has 244 valence electrons. The van der Waals surface area contributed by atoms with E-state index in [1.54, 1.807) is 12.1 Å². The van der Waals surface area contributed by atoms with Crippen LogP contribution in [0.4, 0.5) is 13.2 Å². The Labute approximate surface area is 261 Å². The second-order valence-corrected chi connectivity index (χ2v) is 21.8. The Morgan fingerprint density at radius 3 is 2.14 bits per heavy atom. The van der Waals surface area contributed by atoms with Gasteiger partial charge in [-0.25, -0.2) is 0 Å². The van der Waals surface area contributed by atoms with E-state index in [1.165, 1.54) is 23.3 Å². The molecule has 0 radical (unpaired) electrons. The number of alkyl halides is 3. The lowest BCUT2D eigenvalue weighted by molar-refractivity contribution is -0.0579. The summed E-state index contributed by atoms with van der Waals surface area (Å²) in [6, 6.07) is 5.71. The van der Waals surface area contributed by atoms with Crippen LogP contribution in [-0.4, -0.2) is 27.2 Å². The molecule has 1 spiro atoms. The van der Waals surface area contributed by atoms with Crippen molar-refractivity contribution in [3.05, 3.63) is 57.9 Å². The van der Waals surface area contributed by atoms with Crippen LogP contribution in [-0.2, 0) is 31.3 Å². The fourth-order valence-corrected chi connectivity index (χ4v) is 8.61. The molecule has 2 aliphatic carbocycles. The van der Waals surface area contributed by atoms with Crippen LogP contribution in [0.3, 0.4) is 0 Å². The smallest absolute Gasteiger partial charge is 0.410 e. The molecule has 2 atom stereocenters. The first kappa shape index (κ1) is 33.4. The third-order valence-corrected chi connectivity index (χ3v) is 15.5. The average Bonchev–Trinajstić information content (AvgIpc) is 3.46. The molecule has 5 rings (SSSR count). The van der Waals surface area contributed by atoms with Gasteiger partial charge >= 0.3 is 15.6 Å². The van der Waals surface area contributed by atoms with Gasteiger partial charge in [-0.2, -0.15) is 21.6 Å². The van der Waals surface area contributed by atoms with E-state index >= 15 is 0 Å². The Bertz CT molecular complexity index is 1520. The van der Waals surface area contributed by atoms with Gasteiger partial charge in [0.25, 0.3) is 0 Å². The van der Waals surface area contributed by atoms with Gasteiger partial charge in [0.15, 0.2) is 8.32 Å². The average molecular weight is 654 g/mol. The minimum absolute atomic E-state index is 0.00377. The van der Waals surface area contributed by atoms with E-state index in [0.29, 0.717) is 5.56 Å². The Morgan fingerprint density at radius 2 is 1.61 bits per heavy atom. The molecule has 2 heterocycles. The number of aromatic nitrogens is 1. The normalized spacial score (nSPS) is 23.2.